The molecule has 0 spiro atoms. The molecule has 1 saturated heterocycles. The number of carboxylic acids is 1. The minimum Gasteiger partial charge on any atom is -0.481 e. The summed E-state index contributed by atoms with van der Waals surface area (Å²) in [7, 11) is 0. The molecule has 1 aliphatic heterocycles. The zero-order valence-corrected chi connectivity index (χ0v) is 17.6. The van der Waals surface area contributed by atoms with Crippen molar-refractivity contribution in [1.82, 2.24) is 4.90 Å². The summed E-state index contributed by atoms with van der Waals surface area (Å²) < 4.78 is 3.14. The topological polar surface area (TPSA) is 57.6 Å². The van der Waals surface area contributed by atoms with Crippen molar-refractivity contribution in [3.8, 4) is 0 Å². The third-order valence-electron chi connectivity index (χ3n) is 3.56. The molecule has 1 fully saturated rings. The van der Waals surface area contributed by atoms with Gasteiger partial charge in [-0.25, -0.2) is 0 Å². The number of aliphatic carboxylic acids is 1. The molecule has 0 bridgehead atoms. The molecular formula is C14H14I3NO3. The van der Waals surface area contributed by atoms with Crippen molar-refractivity contribution in [2.24, 2.45) is 5.92 Å². The Morgan fingerprint density at radius 3 is 2.67 bits per heavy atom. The predicted octanol–water partition coefficient (Wildman–Crippen LogP) is 3.83. The van der Waals surface area contributed by atoms with Crippen LogP contribution in [0.5, 0.6) is 0 Å². The maximum Gasteiger partial charge on any atom is 0.303 e. The summed E-state index contributed by atoms with van der Waals surface area (Å²) in [6.45, 7) is 1.39. The van der Waals surface area contributed by atoms with Crippen LogP contribution < -0.4 is 0 Å². The normalized spacial score (nSPS) is 18.0. The van der Waals surface area contributed by atoms with Gasteiger partial charge < -0.3 is 10.0 Å². The van der Waals surface area contributed by atoms with E-state index in [-0.39, 0.29) is 12.3 Å². The largest absolute Gasteiger partial charge is 0.481 e. The Morgan fingerprint density at radius 1 is 1.29 bits per heavy atom. The standard InChI is InChI=1S/C14H14I3NO3/c15-9-5-10(13(17)11(16)6-9)14(21)18-4-3-8(7-18)1-2-12(19)20/h5-6,8H,1-4,7H2,(H,19,20). The number of likely N-dealkylation sites (tertiary alicyclic amines) is 1. The minimum absolute atomic E-state index is 0.0636. The molecule has 0 saturated carbocycles. The Kier molecular flexibility index (Phi) is 6.53. The van der Waals surface area contributed by atoms with Crippen LogP contribution in [0.15, 0.2) is 12.1 Å². The van der Waals surface area contributed by atoms with Crippen LogP contribution in [0.4, 0.5) is 0 Å². The van der Waals surface area contributed by atoms with E-state index in [1.54, 1.807) is 0 Å². The predicted molar refractivity (Wildman–Crippen MR) is 105 cm³/mol. The third kappa shape index (κ3) is 4.66. The zero-order chi connectivity index (χ0) is 15.6. The number of hydrogen-bond donors (Lipinski definition) is 1. The molecule has 114 valence electrons. The van der Waals surface area contributed by atoms with Crippen molar-refractivity contribution in [3.63, 3.8) is 0 Å². The molecular weight excluding hydrogens is 611 g/mol. The van der Waals surface area contributed by atoms with Gasteiger partial charge in [0.2, 0.25) is 0 Å². The van der Waals surface area contributed by atoms with Gasteiger partial charge in [-0.3, -0.25) is 9.59 Å². The maximum atomic E-state index is 12.7. The number of nitrogens with zero attached hydrogens (tertiary/aromatic N) is 1. The van der Waals surface area contributed by atoms with Gasteiger partial charge in [-0.15, -0.1) is 0 Å². The number of carbonyl (C=O) groups is 2. The van der Waals surface area contributed by atoms with E-state index in [4.69, 9.17) is 5.11 Å². The van der Waals surface area contributed by atoms with Crippen LogP contribution in [-0.4, -0.2) is 35.0 Å². The van der Waals surface area contributed by atoms with Gasteiger partial charge in [0.15, 0.2) is 0 Å². The SMILES string of the molecule is O=C(O)CCC1CCN(C(=O)c2cc(I)cc(I)c2I)C1. The van der Waals surface area contributed by atoms with Crippen LogP contribution >= 0.6 is 67.8 Å². The molecule has 1 heterocycles. The van der Waals surface area contributed by atoms with Crippen LogP contribution in [0.1, 0.15) is 29.6 Å². The molecule has 1 atom stereocenters. The molecule has 1 aromatic carbocycles. The third-order valence-corrected chi connectivity index (χ3v) is 7.23. The summed E-state index contributed by atoms with van der Waals surface area (Å²) in [6, 6.07) is 3.98. The second-order valence-electron chi connectivity index (χ2n) is 5.09. The number of amides is 1. The second-order valence-corrected chi connectivity index (χ2v) is 8.57. The highest BCUT2D eigenvalue weighted by Gasteiger charge is 2.28. The molecule has 1 unspecified atom stereocenters. The molecule has 1 aliphatic rings. The first-order chi connectivity index (χ1) is 9.88. The van der Waals surface area contributed by atoms with E-state index in [0.717, 1.165) is 29.2 Å². The van der Waals surface area contributed by atoms with Gasteiger partial charge in [-0.05, 0) is 98.7 Å². The fraction of sp³-hybridized carbons (Fsp3) is 0.429. The number of halogens is 3. The molecule has 0 radical (unpaired) electrons. The van der Waals surface area contributed by atoms with E-state index in [2.05, 4.69) is 73.8 Å². The molecule has 0 aliphatic carbocycles. The molecule has 1 N–H and O–H groups in total. The molecule has 1 aromatic rings. The van der Waals surface area contributed by atoms with Crippen LogP contribution in [0.3, 0.4) is 0 Å². The van der Waals surface area contributed by atoms with E-state index >= 15 is 0 Å². The minimum atomic E-state index is -0.763. The van der Waals surface area contributed by atoms with Crippen LogP contribution in [0.2, 0.25) is 0 Å². The Morgan fingerprint density at radius 2 is 2.00 bits per heavy atom. The molecule has 4 nitrogen and oxygen atoms in total. The summed E-state index contributed by atoms with van der Waals surface area (Å²) in [4.78, 5) is 25.1. The Balaban J connectivity index is 2.07. The quantitative estimate of drug-likeness (QED) is 0.410. The lowest BCUT2D eigenvalue weighted by molar-refractivity contribution is -0.137. The molecule has 0 aromatic heterocycles. The average molecular weight is 625 g/mol. The molecule has 21 heavy (non-hydrogen) atoms. The van der Waals surface area contributed by atoms with Gasteiger partial charge in [-0.2, -0.15) is 0 Å². The van der Waals surface area contributed by atoms with Gasteiger partial charge in [0.05, 0.1) is 5.56 Å². The van der Waals surface area contributed by atoms with E-state index in [1.807, 2.05) is 11.0 Å². The van der Waals surface area contributed by atoms with Gasteiger partial charge in [0.25, 0.3) is 5.91 Å². The summed E-state index contributed by atoms with van der Waals surface area (Å²) in [5.74, 6) is -0.389. The first kappa shape index (κ1) is 17.7. The smallest absolute Gasteiger partial charge is 0.303 e. The summed E-state index contributed by atoms with van der Waals surface area (Å²) in [5.41, 5.74) is 0.755. The fourth-order valence-electron chi connectivity index (χ4n) is 2.46. The fourth-order valence-corrected chi connectivity index (χ4v) is 4.85. The van der Waals surface area contributed by atoms with Gasteiger partial charge in [0, 0.05) is 30.2 Å². The lowest BCUT2D eigenvalue weighted by atomic mass is 10.0. The van der Waals surface area contributed by atoms with E-state index in [0.29, 0.717) is 18.9 Å². The van der Waals surface area contributed by atoms with Gasteiger partial charge >= 0.3 is 5.97 Å². The Labute approximate surface area is 164 Å². The molecule has 7 heteroatoms. The van der Waals surface area contributed by atoms with Crippen molar-refractivity contribution in [3.05, 3.63) is 28.4 Å². The second kappa shape index (κ2) is 7.75. The summed E-state index contributed by atoms with van der Waals surface area (Å²) in [6.07, 6.45) is 1.74. The van der Waals surface area contributed by atoms with Crippen molar-refractivity contribution in [2.75, 3.05) is 13.1 Å². The van der Waals surface area contributed by atoms with E-state index in [1.165, 1.54) is 0 Å². The first-order valence-corrected chi connectivity index (χ1v) is 9.77. The lowest BCUT2D eigenvalue weighted by Crippen LogP contribution is -2.29. The monoisotopic (exact) mass is 625 g/mol. The highest BCUT2D eigenvalue weighted by Crippen LogP contribution is 2.27. The first-order valence-electron chi connectivity index (χ1n) is 6.54. The van der Waals surface area contributed by atoms with Crippen molar-refractivity contribution in [2.45, 2.75) is 19.3 Å². The highest BCUT2D eigenvalue weighted by molar-refractivity contribution is 14.1. The van der Waals surface area contributed by atoms with E-state index < -0.39 is 5.97 Å². The average Bonchev–Trinajstić information content (AvgIpc) is 2.88. The summed E-state index contributed by atoms with van der Waals surface area (Å²) >= 11 is 6.69. The van der Waals surface area contributed by atoms with Crippen molar-refractivity contribution >= 4 is 79.6 Å². The highest BCUT2D eigenvalue weighted by atomic mass is 127. The van der Waals surface area contributed by atoms with Crippen LogP contribution in [0, 0.1) is 16.6 Å². The van der Waals surface area contributed by atoms with Gasteiger partial charge in [-0.1, -0.05) is 0 Å². The Bertz CT molecular complexity index is 577. The number of rotatable bonds is 4. The number of carboxylic acid groups (broad SMARTS) is 1. The molecule has 1 amide bonds. The van der Waals surface area contributed by atoms with Crippen LogP contribution in [-0.2, 0) is 4.79 Å². The number of benzene rings is 1. The lowest BCUT2D eigenvalue weighted by Gasteiger charge is -2.18. The number of carbonyl (C=O) groups excluding carboxylic acids is 1. The van der Waals surface area contributed by atoms with Crippen LogP contribution in [0.25, 0.3) is 0 Å². The van der Waals surface area contributed by atoms with Crippen molar-refractivity contribution < 1.29 is 14.7 Å². The van der Waals surface area contributed by atoms with Crippen molar-refractivity contribution in [1.29, 1.82) is 0 Å². The molecule has 2 rings (SSSR count). The number of hydrogen-bond acceptors (Lipinski definition) is 2. The maximum absolute atomic E-state index is 12.7. The zero-order valence-electron chi connectivity index (χ0n) is 11.1. The van der Waals surface area contributed by atoms with Gasteiger partial charge in [0.1, 0.15) is 0 Å². The Hall–Kier alpha value is 0.350. The van der Waals surface area contributed by atoms with E-state index in [9.17, 15) is 9.59 Å². The summed E-state index contributed by atoms with van der Waals surface area (Å²) in [5, 5.41) is 8.74.